The Labute approximate surface area is 118 Å². The van der Waals surface area contributed by atoms with Gasteiger partial charge in [-0.1, -0.05) is 6.42 Å². The smallest absolute Gasteiger partial charge is 0.226 e. The van der Waals surface area contributed by atoms with Crippen molar-refractivity contribution in [1.29, 1.82) is 0 Å². The Bertz CT molecular complexity index is 431. The lowest BCUT2D eigenvalue weighted by Gasteiger charge is -2.29. The number of thiophene rings is 1. The van der Waals surface area contributed by atoms with E-state index in [4.69, 9.17) is 5.73 Å². The lowest BCUT2D eigenvalue weighted by Crippen LogP contribution is -2.38. The van der Waals surface area contributed by atoms with Crippen molar-refractivity contribution in [2.45, 2.75) is 38.1 Å². The molecular formula is C15H22N2OS. The van der Waals surface area contributed by atoms with Crippen molar-refractivity contribution >= 4 is 17.2 Å². The van der Waals surface area contributed by atoms with Crippen molar-refractivity contribution in [2.75, 3.05) is 13.1 Å². The van der Waals surface area contributed by atoms with Crippen molar-refractivity contribution in [2.24, 2.45) is 17.6 Å². The predicted octanol–water partition coefficient (Wildman–Crippen LogP) is 2.79. The zero-order chi connectivity index (χ0) is 13.2. The van der Waals surface area contributed by atoms with Gasteiger partial charge >= 0.3 is 0 Å². The molecule has 2 fully saturated rings. The van der Waals surface area contributed by atoms with E-state index in [9.17, 15) is 4.79 Å². The fourth-order valence-corrected chi connectivity index (χ4v) is 4.41. The van der Waals surface area contributed by atoms with Gasteiger partial charge in [-0.25, -0.2) is 0 Å². The maximum Gasteiger partial charge on any atom is 0.226 e. The molecule has 0 spiro atoms. The molecule has 2 heterocycles. The van der Waals surface area contributed by atoms with Crippen LogP contribution in [0.4, 0.5) is 0 Å². The summed E-state index contributed by atoms with van der Waals surface area (Å²) in [4.78, 5) is 14.9. The molecule has 3 rings (SSSR count). The first-order valence-corrected chi connectivity index (χ1v) is 8.28. The first-order valence-electron chi connectivity index (χ1n) is 7.34. The summed E-state index contributed by atoms with van der Waals surface area (Å²) in [5.41, 5.74) is 7.14. The van der Waals surface area contributed by atoms with Gasteiger partial charge in [0, 0.05) is 12.5 Å². The van der Waals surface area contributed by atoms with Crippen LogP contribution in [-0.4, -0.2) is 23.9 Å². The molecule has 1 saturated carbocycles. The molecule has 2 N–H and O–H groups in total. The molecule has 3 atom stereocenters. The summed E-state index contributed by atoms with van der Waals surface area (Å²) in [6, 6.07) is 2.48. The SMILES string of the molecule is NC[C@H]1CCC[C@H]1C(=O)N1CCCC1c1ccsc1. The maximum atomic E-state index is 12.8. The number of amides is 1. The van der Waals surface area contributed by atoms with E-state index in [0.29, 0.717) is 24.4 Å². The van der Waals surface area contributed by atoms with Gasteiger partial charge in [-0.05, 0) is 60.5 Å². The van der Waals surface area contributed by atoms with Gasteiger partial charge in [0.15, 0.2) is 0 Å². The minimum Gasteiger partial charge on any atom is -0.335 e. The molecule has 1 aromatic heterocycles. The van der Waals surface area contributed by atoms with Gasteiger partial charge in [0.1, 0.15) is 0 Å². The molecule has 19 heavy (non-hydrogen) atoms. The average Bonchev–Trinajstić information content (AvgIpc) is 3.16. The van der Waals surface area contributed by atoms with Gasteiger partial charge in [-0.3, -0.25) is 4.79 Å². The second-order valence-corrected chi connectivity index (χ2v) is 6.56. The highest BCUT2D eigenvalue weighted by molar-refractivity contribution is 7.07. The van der Waals surface area contributed by atoms with Crippen molar-refractivity contribution < 1.29 is 4.79 Å². The van der Waals surface area contributed by atoms with E-state index >= 15 is 0 Å². The Balaban J connectivity index is 1.75. The lowest BCUT2D eigenvalue weighted by atomic mass is 9.94. The molecule has 1 saturated heterocycles. The fraction of sp³-hybridized carbons (Fsp3) is 0.667. The van der Waals surface area contributed by atoms with Crippen molar-refractivity contribution in [3.05, 3.63) is 22.4 Å². The summed E-state index contributed by atoms with van der Waals surface area (Å²) in [5.74, 6) is 0.960. The Morgan fingerprint density at radius 1 is 1.37 bits per heavy atom. The number of carbonyl (C=O) groups is 1. The number of carbonyl (C=O) groups excluding carboxylic acids is 1. The third-order valence-corrected chi connectivity index (χ3v) is 5.44. The lowest BCUT2D eigenvalue weighted by molar-refractivity contribution is -0.137. The molecule has 0 bridgehead atoms. The summed E-state index contributed by atoms with van der Waals surface area (Å²) in [6.07, 6.45) is 5.57. The van der Waals surface area contributed by atoms with Crippen LogP contribution in [0.3, 0.4) is 0 Å². The van der Waals surface area contributed by atoms with E-state index in [2.05, 4.69) is 21.7 Å². The van der Waals surface area contributed by atoms with Crippen LogP contribution in [0, 0.1) is 11.8 Å². The minimum absolute atomic E-state index is 0.184. The van der Waals surface area contributed by atoms with Crippen LogP contribution in [0.15, 0.2) is 16.8 Å². The van der Waals surface area contributed by atoms with E-state index in [1.54, 1.807) is 11.3 Å². The van der Waals surface area contributed by atoms with Crippen LogP contribution in [0.5, 0.6) is 0 Å². The molecule has 1 amide bonds. The van der Waals surface area contributed by atoms with E-state index in [1.807, 2.05) is 0 Å². The van der Waals surface area contributed by atoms with E-state index in [-0.39, 0.29) is 5.92 Å². The number of nitrogens with zero attached hydrogens (tertiary/aromatic N) is 1. The quantitative estimate of drug-likeness (QED) is 0.924. The van der Waals surface area contributed by atoms with Crippen molar-refractivity contribution in [1.82, 2.24) is 4.90 Å². The topological polar surface area (TPSA) is 46.3 Å². The van der Waals surface area contributed by atoms with Gasteiger partial charge in [-0.2, -0.15) is 11.3 Å². The van der Waals surface area contributed by atoms with Crippen LogP contribution < -0.4 is 5.73 Å². The highest BCUT2D eigenvalue weighted by atomic mass is 32.1. The third kappa shape index (κ3) is 2.43. The summed E-state index contributed by atoms with van der Waals surface area (Å²) in [7, 11) is 0. The van der Waals surface area contributed by atoms with Gasteiger partial charge in [0.05, 0.1) is 6.04 Å². The second kappa shape index (κ2) is 5.63. The van der Waals surface area contributed by atoms with Crippen LogP contribution in [0.25, 0.3) is 0 Å². The molecule has 1 aliphatic heterocycles. The molecule has 0 radical (unpaired) electrons. The summed E-state index contributed by atoms with van der Waals surface area (Å²) in [6.45, 7) is 1.58. The fourth-order valence-electron chi connectivity index (χ4n) is 3.70. The minimum atomic E-state index is 0.184. The molecule has 1 unspecified atom stereocenters. The average molecular weight is 278 g/mol. The molecular weight excluding hydrogens is 256 g/mol. The third-order valence-electron chi connectivity index (χ3n) is 4.74. The predicted molar refractivity (Wildman–Crippen MR) is 77.9 cm³/mol. The number of rotatable bonds is 3. The molecule has 2 aliphatic rings. The van der Waals surface area contributed by atoms with Gasteiger partial charge in [0.2, 0.25) is 5.91 Å². The largest absolute Gasteiger partial charge is 0.335 e. The number of nitrogens with two attached hydrogens (primary N) is 1. The Morgan fingerprint density at radius 2 is 2.26 bits per heavy atom. The standard InChI is InChI=1S/C15H22N2OS/c16-9-11-3-1-4-13(11)15(18)17-7-2-5-14(17)12-6-8-19-10-12/h6,8,10-11,13-14H,1-5,7,9,16H2/t11-,13-,14?/m1/s1. The summed E-state index contributed by atoms with van der Waals surface area (Å²) >= 11 is 1.72. The zero-order valence-corrected chi connectivity index (χ0v) is 12.1. The second-order valence-electron chi connectivity index (χ2n) is 5.78. The molecule has 4 heteroatoms. The molecule has 1 aromatic rings. The molecule has 3 nitrogen and oxygen atoms in total. The number of likely N-dealkylation sites (tertiary alicyclic amines) is 1. The number of hydrogen-bond donors (Lipinski definition) is 1. The van der Waals surface area contributed by atoms with Crippen molar-refractivity contribution in [3.8, 4) is 0 Å². The summed E-state index contributed by atoms with van der Waals surface area (Å²) in [5, 5.41) is 4.29. The maximum absolute atomic E-state index is 12.8. The van der Waals surface area contributed by atoms with Crippen LogP contribution in [0.2, 0.25) is 0 Å². The molecule has 104 valence electrons. The number of hydrogen-bond acceptors (Lipinski definition) is 3. The van der Waals surface area contributed by atoms with Gasteiger partial charge in [0.25, 0.3) is 0 Å². The van der Waals surface area contributed by atoms with Gasteiger partial charge in [-0.15, -0.1) is 0 Å². The van der Waals surface area contributed by atoms with Gasteiger partial charge < -0.3 is 10.6 Å². The molecule has 1 aliphatic carbocycles. The highest BCUT2D eigenvalue weighted by Crippen LogP contribution is 2.38. The van der Waals surface area contributed by atoms with E-state index in [0.717, 1.165) is 38.6 Å². The molecule has 0 aromatic carbocycles. The Morgan fingerprint density at radius 3 is 3.00 bits per heavy atom. The van der Waals surface area contributed by atoms with E-state index in [1.165, 1.54) is 5.56 Å². The van der Waals surface area contributed by atoms with E-state index < -0.39 is 0 Å². The van der Waals surface area contributed by atoms with Crippen LogP contribution >= 0.6 is 11.3 Å². The summed E-state index contributed by atoms with van der Waals surface area (Å²) < 4.78 is 0. The monoisotopic (exact) mass is 278 g/mol. The van der Waals surface area contributed by atoms with Crippen molar-refractivity contribution in [3.63, 3.8) is 0 Å². The first kappa shape index (κ1) is 13.1. The first-order chi connectivity index (χ1) is 9.31. The van der Waals surface area contributed by atoms with Crippen LogP contribution in [0.1, 0.15) is 43.7 Å². The highest BCUT2D eigenvalue weighted by Gasteiger charge is 2.39. The van der Waals surface area contributed by atoms with Crippen LogP contribution in [-0.2, 0) is 4.79 Å². The Kier molecular flexibility index (Phi) is 3.89. The Hall–Kier alpha value is -0.870. The zero-order valence-electron chi connectivity index (χ0n) is 11.3. The normalized spacial score (nSPS) is 31.0.